The Morgan fingerprint density at radius 2 is 1.75 bits per heavy atom. The molecule has 0 atom stereocenters. The minimum atomic E-state index is -1.20. The first-order valence-electron chi connectivity index (χ1n) is 6.22. The lowest BCUT2D eigenvalue weighted by molar-refractivity contribution is 0.0687. The number of carboxylic acid groups (broad SMARTS) is 1. The molecule has 0 bridgehead atoms. The molecule has 0 radical (unpaired) electrons. The third kappa shape index (κ3) is 2.61. The van der Waals surface area contributed by atoms with Crippen LogP contribution in [-0.2, 0) is 5.41 Å². The topological polar surface area (TPSA) is 83.0 Å². The Labute approximate surface area is 116 Å². The van der Waals surface area contributed by atoms with Crippen molar-refractivity contribution in [2.24, 2.45) is 0 Å². The summed E-state index contributed by atoms with van der Waals surface area (Å²) in [6.45, 7) is 6.25. The monoisotopic (exact) mass is 272 g/mol. The lowest BCUT2D eigenvalue weighted by Gasteiger charge is -2.18. The summed E-state index contributed by atoms with van der Waals surface area (Å²) in [7, 11) is 0. The van der Waals surface area contributed by atoms with E-state index in [1.165, 1.54) is 6.33 Å². The standard InChI is InChI=1S/C15H16N2O3/c1-15(2,3)10-6-4-9(5-7-10)13(18)11-12(14(19)20)17-8-16-11/h4-8H,1-3H3,(H,16,17)(H,19,20). The highest BCUT2D eigenvalue weighted by Gasteiger charge is 2.21. The number of rotatable bonds is 3. The van der Waals surface area contributed by atoms with E-state index in [2.05, 4.69) is 30.7 Å². The number of hydrogen-bond acceptors (Lipinski definition) is 3. The molecule has 0 saturated carbocycles. The number of imidazole rings is 1. The average Bonchev–Trinajstić information content (AvgIpc) is 2.86. The number of carbonyl (C=O) groups excluding carboxylic acids is 1. The van der Waals surface area contributed by atoms with Gasteiger partial charge in [0.2, 0.25) is 5.78 Å². The van der Waals surface area contributed by atoms with Crippen molar-refractivity contribution in [1.82, 2.24) is 9.97 Å². The van der Waals surface area contributed by atoms with Crippen LogP contribution in [0.4, 0.5) is 0 Å². The SMILES string of the molecule is CC(C)(C)c1ccc(C(=O)c2nc[nH]c2C(=O)O)cc1. The molecule has 1 heterocycles. The number of hydrogen-bond donors (Lipinski definition) is 2. The summed E-state index contributed by atoms with van der Waals surface area (Å²) in [6.07, 6.45) is 1.21. The minimum Gasteiger partial charge on any atom is -0.477 e. The van der Waals surface area contributed by atoms with Gasteiger partial charge in [-0.15, -0.1) is 0 Å². The molecule has 0 saturated heterocycles. The zero-order valence-corrected chi connectivity index (χ0v) is 11.6. The molecule has 1 aromatic carbocycles. The van der Waals surface area contributed by atoms with E-state index in [9.17, 15) is 9.59 Å². The Balaban J connectivity index is 2.35. The van der Waals surface area contributed by atoms with Gasteiger partial charge in [0, 0.05) is 5.56 Å². The molecule has 20 heavy (non-hydrogen) atoms. The maximum atomic E-state index is 12.2. The van der Waals surface area contributed by atoms with Crippen LogP contribution in [0, 0.1) is 0 Å². The van der Waals surface area contributed by atoms with Gasteiger partial charge in [-0.2, -0.15) is 0 Å². The van der Waals surface area contributed by atoms with Crippen molar-refractivity contribution >= 4 is 11.8 Å². The van der Waals surface area contributed by atoms with Gasteiger partial charge in [0.05, 0.1) is 6.33 Å². The summed E-state index contributed by atoms with van der Waals surface area (Å²) >= 11 is 0. The molecule has 0 aliphatic rings. The molecule has 0 fully saturated rings. The Hall–Kier alpha value is -2.43. The number of carboxylic acids is 1. The van der Waals surface area contributed by atoms with E-state index in [0.29, 0.717) is 5.56 Å². The van der Waals surface area contributed by atoms with E-state index in [1.54, 1.807) is 12.1 Å². The molecule has 2 rings (SSSR count). The maximum Gasteiger partial charge on any atom is 0.354 e. The summed E-state index contributed by atoms with van der Waals surface area (Å²) in [6, 6.07) is 7.15. The fraction of sp³-hybridized carbons (Fsp3) is 0.267. The lowest BCUT2D eigenvalue weighted by atomic mass is 9.86. The third-order valence-electron chi connectivity index (χ3n) is 3.08. The summed E-state index contributed by atoms with van der Waals surface area (Å²) in [5.41, 5.74) is 1.28. The molecule has 1 aromatic heterocycles. The molecular formula is C15H16N2O3. The quantitative estimate of drug-likeness (QED) is 0.841. The number of nitrogens with one attached hydrogen (secondary N) is 1. The third-order valence-corrected chi connectivity index (χ3v) is 3.08. The van der Waals surface area contributed by atoms with Gasteiger partial charge in [-0.05, 0) is 11.0 Å². The highest BCUT2D eigenvalue weighted by atomic mass is 16.4. The summed E-state index contributed by atoms with van der Waals surface area (Å²) in [4.78, 5) is 29.5. The van der Waals surface area contributed by atoms with Crippen molar-refractivity contribution < 1.29 is 14.7 Å². The lowest BCUT2D eigenvalue weighted by Crippen LogP contribution is -2.12. The van der Waals surface area contributed by atoms with Gasteiger partial charge in [-0.25, -0.2) is 9.78 Å². The Bertz CT molecular complexity index is 649. The van der Waals surface area contributed by atoms with Crippen LogP contribution in [0.15, 0.2) is 30.6 Å². The molecule has 0 spiro atoms. The fourth-order valence-corrected chi connectivity index (χ4v) is 1.89. The predicted molar refractivity (Wildman–Crippen MR) is 74.1 cm³/mol. The van der Waals surface area contributed by atoms with Crippen LogP contribution in [0.1, 0.15) is 52.9 Å². The minimum absolute atomic E-state index is 0.000136. The molecule has 0 aliphatic heterocycles. The number of H-pyrrole nitrogens is 1. The van der Waals surface area contributed by atoms with Crippen LogP contribution in [-0.4, -0.2) is 26.8 Å². The molecule has 5 nitrogen and oxygen atoms in total. The second-order valence-corrected chi connectivity index (χ2v) is 5.59. The number of nitrogens with zero attached hydrogens (tertiary/aromatic N) is 1. The number of ketones is 1. The Kier molecular flexibility index (Phi) is 3.44. The van der Waals surface area contributed by atoms with E-state index in [0.717, 1.165) is 5.56 Å². The molecule has 0 aliphatic carbocycles. The van der Waals surface area contributed by atoms with E-state index in [4.69, 9.17) is 5.11 Å². The van der Waals surface area contributed by atoms with E-state index in [-0.39, 0.29) is 16.8 Å². The van der Waals surface area contributed by atoms with Crippen LogP contribution < -0.4 is 0 Å². The van der Waals surface area contributed by atoms with Gasteiger partial charge >= 0.3 is 5.97 Å². The highest BCUT2D eigenvalue weighted by Crippen LogP contribution is 2.23. The van der Waals surface area contributed by atoms with Crippen molar-refractivity contribution in [2.75, 3.05) is 0 Å². The van der Waals surface area contributed by atoms with Gasteiger partial charge in [0.25, 0.3) is 0 Å². The zero-order valence-electron chi connectivity index (χ0n) is 11.6. The van der Waals surface area contributed by atoms with Crippen LogP contribution in [0.3, 0.4) is 0 Å². The van der Waals surface area contributed by atoms with Crippen molar-refractivity contribution in [2.45, 2.75) is 26.2 Å². The summed E-state index contributed by atoms with van der Waals surface area (Å²) in [5, 5.41) is 8.98. The van der Waals surface area contributed by atoms with Gasteiger partial charge in [0.1, 0.15) is 5.69 Å². The zero-order chi connectivity index (χ0) is 14.9. The van der Waals surface area contributed by atoms with Gasteiger partial charge in [-0.3, -0.25) is 4.79 Å². The van der Waals surface area contributed by atoms with Crippen molar-refractivity contribution in [3.8, 4) is 0 Å². The molecule has 2 N–H and O–H groups in total. The average molecular weight is 272 g/mol. The molecule has 104 valence electrons. The molecule has 5 heteroatoms. The summed E-state index contributed by atoms with van der Waals surface area (Å²) < 4.78 is 0. The number of benzene rings is 1. The molecule has 0 amide bonds. The first kappa shape index (κ1) is 14.0. The molecule has 2 aromatic rings. The number of carbonyl (C=O) groups is 2. The van der Waals surface area contributed by atoms with E-state index >= 15 is 0 Å². The van der Waals surface area contributed by atoms with E-state index < -0.39 is 11.8 Å². The second kappa shape index (κ2) is 4.92. The fourth-order valence-electron chi connectivity index (χ4n) is 1.89. The van der Waals surface area contributed by atoms with Crippen LogP contribution >= 0.6 is 0 Å². The molecule has 0 unspecified atom stereocenters. The number of aromatic nitrogens is 2. The first-order chi connectivity index (χ1) is 9.30. The van der Waals surface area contributed by atoms with Crippen molar-refractivity contribution in [3.05, 3.63) is 53.1 Å². The van der Waals surface area contributed by atoms with Gasteiger partial charge in [-0.1, -0.05) is 45.0 Å². The maximum absolute atomic E-state index is 12.2. The molecular weight excluding hydrogens is 256 g/mol. The Morgan fingerprint density at radius 1 is 1.15 bits per heavy atom. The Morgan fingerprint density at radius 3 is 2.25 bits per heavy atom. The normalized spacial score (nSPS) is 11.3. The van der Waals surface area contributed by atoms with Crippen LogP contribution in [0.2, 0.25) is 0 Å². The highest BCUT2D eigenvalue weighted by molar-refractivity contribution is 6.12. The van der Waals surface area contributed by atoms with Crippen molar-refractivity contribution in [1.29, 1.82) is 0 Å². The number of aromatic carboxylic acids is 1. The largest absolute Gasteiger partial charge is 0.477 e. The summed E-state index contributed by atoms with van der Waals surface area (Å²) in [5.74, 6) is -1.60. The predicted octanol–water partition coefficient (Wildman–Crippen LogP) is 2.64. The van der Waals surface area contributed by atoms with Crippen molar-refractivity contribution in [3.63, 3.8) is 0 Å². The van der Waals surface area contributed by atoms with Crippen LogP contribution in [0.5, 0.6) is 0 Å². The smallest absolute Gasteiger partial charge is 0.354 e. The first-order valence-corrected chi connectivity index (χ1v) is 6.22. The van der Waals surface area contributed by atoms with Gasteiger partial charge in [0.15, 0.2) is 5.69 Å². The number of aromatic amines is 1. The van der Waals surface area contributed by atoms with Crippen LogP contribution in [0.25, 0.3) is 0 Å². The van der Waals surface area contributed by atoms with E-state index in [1.807, 2.05) is 12.1 Å². The van der Waals surface area contributed by atoms with Gasteiger partial charge < -0.3 is 10.1 Å². The second-order valence-electron chi connectivity index (χ2n) is 5.59.